The highest BCUT2D eigenvalue weighted by molar-refractivity contribution is 6.53. The number of hydrogen-bond donors (Lipinski definition) is 4. The molecule has 6 nitrogen and oxygen atoms in total. The molecule has 0 saturated carbocycles. The first-order chi connectivity index (χ1) is 12.2. The Labute approximate surface area is 147 Å². The molecule has 0 atom stereocenters. The minimum atomic E-state index is 0.266. The Bertz CT molecular complexity index is 839. The number of para-hydroxylation sites is 1. The summed E-state index contributed by atoms with van der Waals surface area (Å²) in [5.74, 6) is 6.12. The van der Waals surface area contributed by atoms with Gasteiger partial charge in [0.1, 0.15) is 11.5 Å². The zero-order valence-corrected chi connectivity index (χ0v) is 14.0. The Balaban J connectivity index is 2.16. The standard InChI is InChI=1S/C19H22N6/c20-11-5-10-17(21)25-12-13-6-1-2-7-14(13)19(24-23)18(22)15-8-3-4-9-16(15)25/h1-4,6-9,21-22H,5,10-12,20,23H2. The number of benzene rings is 2. The number of anilines is 1. The van der Waals surface area contributed by atoms with Crippen molar-refractivity contribution in [1.82, 2.24) is 0 Å². The fourth-order valence-corrected chi connectivity index (χ4v) is 3.11. The zero-order valence-electron chi connectivity index (χ0n) is 14.0. The lowest BCUT2D eigenvalue weighted by atomic mass is 9.92. The molecule has 0 bridgehead atoms. The van der Waals surface area contributed by atoms with Gasteiger partial charge in [-0.2, -0.15) is 5.10 Å². The molecule has 25 heavy (non-hydrogen) atoms. The van der Waals surface area contributed by atoms with Crippen molar-refractivity contribution in [3.8, 4) is 0 Å². The van der Waals surface area contributed by atoms with Gasteiger partial charge in [0.25, 0.3) is 0 Å². The third-order valence-electron chi connectivity index (χ3n) is 4.37. The molecule has 0 unspecified atom stereocenters. The number of hydrazone groups is 1. The maximum absolute atomic E-state index is 8.64. The molecule has 0 spiro atoms. The third-order valence-corrected chi connectivity index (χ3v) is 4.37. The lowest BCUT2D eigenvalue weighted by molar-refractivity contribution is 0.845. The van der Waals surface area contributed by atoms with Crippen LogP contribution in [0.3, 0.4) is 0 Å². The van der Waals surface area contributed by atoms with Gasteiger partial charge in [0.15, 0.2) is 0 Å². The Morgan fingerprint density at radius 1 is 1.08 bits per heavy atom. The van der Waals surface area contributed by atoms with E-state index in [-0.39, 0.29) is 5.71 Å². The van der Waals surface area contributed by atoms with E-state index < -0.39 is 0 Å². The molecule has 0 radical (unpaired) electrons. The second-order valence-corrected chi connectivity index (χ2v) is 5.95. The Morgan fingerprint density at radius 3 is 2.48 bits per heavy atom. The van der Waals surface area contributed by atoms with Crippen LogP contribution >= 0.6 is 0 Å². The summed E-state index contributed by atoms with van der Waals surface area (Å²) in [5, 5.41) is 21.1. The van der Waals surface area contributed by atoms with Crippen LogP contribution in [0.5, 0.6) is 0 Å². The summed E-state index contributed by atoms with van der Waals surface area (Å²) in [6.07, 6.45) is 1.35. The zero-order chi connectivity index (χ0) is 17.8. The molecule has 0 fully saturated rings. The van der Waals surface area contributed by atoms with Crippen LogP contribution in [0.2, 0.25) is 0 Å². The van der Waals surface area contributed by atoms with Crippen molar-refractivity contribution < 1.29 is 0 Å². The molecular weight excluding hydrogens is 312 g/mol. The van der Waals surface area contributed by atoms with Gasteiger partial charge >= 0.3 is 0 Å². The summed E-state index contributed by atoms with van der Waals surface area (Å²) in [6, 6.07) is 15.4. The smallest absolute Gasteiger partial charge is 0.116 e. The van der Waals surface area contributed by atoms with Crippen molar-refractivity contribution >= 4 is 22.9 Å². The number of rotatable bonds is 3. The fraction of sp³-hybridized carbons (Fsp3) is 0.211. The normalized spacial score (nSPS) is 15.3. The van der Waals surface area contributed by atoms with Crippen molar-refractivity contribution in [2.24, 2.45) is 16.7 Å². The van der Waals surface area contributed by atoms with Gasteiger partial charge < -0.3 is 16.5 Å². The summed E-state index contributed by atoms with van der Waals surface area (Å²) in [4.78, 5) is 1.95. The van der Waals surface area contributed by atoms with E-state index in [0.717, 1.165) is 28.8 Å². The van der Waals surface area contributed by atoms with Gasteiger partial charge in [0.05, 0.1) is 11.4 Å². The highest BCUT2D eigenvalue weighted by Gasteiger charge is 2.26. The number of hydrogen-bond acceptors (Lipinski definition) is 5. The molecule has 6 heteroatoms. The SMILES string of the molecule is N=C1C(=NN)c2ccccc2CN(C(=N)CCCN)c2ccccc21. The number of fused-ring (bicyclic) bond motifs is 2. The lowest BCUT2D eigenvalue weighted by Crippen LogP contribution is -2.35. The Hall–Kier alpha value is -2.99. The number of nitrogens with zero attached hydrogens (tertiary/aromatic N) is 2. The van der Waals surface area contributed by atoms with E-state index in [1.54, 1.807) is 0 Å². The summed E-state index contributed by atoms with van der Waals surface area (Å²) in [5.41, 5.74) is 9.72. The van der Waals surface area contributed by atoms with Crippen LogP contribution in [-0.4, -0.2) is 23.8 Å². The summed E-state index contributed by atoms with van der Waals surface area (Å²) < 4.78 is 0. The molecule has 0 aliphatic carbocycles. The van der Waals surface area contributed by atoms with Gasteiger partial charge in [0.2, 0.25) is 0 Å². The second kappa shape index (κ2) is 7.27. The highest BCUT2D eigenvalue weighted by Crippen LogP contribution is 2.29. The molecule has 3 rings (SSSR count). The lowest BCUT2D eigenvalue weighted by Gasteiger charge is -2.31. The highest BCUT2D eigenvalue weighted by atomic mass is 15.2. The van der Waals surface area contributed by atoms with Gasteiger partial charge in [0, 0.05) is 24.1 Å². The molecule has 2 aromatic carbocycles. The van der Waals surface area contributed by atoms with Crippen LogP contribution in [0.15, 0.2) is 53.6 Å². The molecule has 1 aliphatic rings. The number of nitrogens with two attached hydrogens (primary N) is 2. The van der Waals surface area contributed by atoms with E-state index in [4.69, 9.17) is 22.4 Å². The maximum Gasteiger partial charge on any atom is 0.116 e. The summed E-state index contributed by atoms with van der Waals surface area (Å²) in [6.45, 7) is 1.08. The molecule has 128 valence electrons. The van der Waals surface area contributed by atoms with E-state index >= 15 is 0 Å². The van der Waals surface area contributed by atoms with Gasteiger partial charge in [-0.1, -0.05) is 42.5 Å². The Kier molecular flexibility index (Phi) is 4.90. The van der Waals surface area contributed by atoms with E-state index in [1.807, 2.05) is 53.4 Å². The van der Waals surface area contributed by atoms with Crippen molar-refractivity contribution in [1.29, 1.82) is 10.8 Å². The van der Waals surface area contributed by atoms with Gasteiger partial charge in [-0.15, -0.1) is 0 Å². The average Bonchev–Trinajstić information content (AvgIpc) is 2.64. The van der Waals surface area contributed by atoms with Crippen LogP contribution in [0, 0.1) is 10.8 Å². The minimum absolute atomic E-state index is 0.266. The molecule has 6 N–H and O–H groups in total. The molecule has 2 aromatic rings. The first-order valence-corrected chi connectivity index (χ1v) is 8.27. The van der Waals surface area contributed by atoms with E-state index in [2.05, 4.69) is 5.10 Å². The van der Waals surface area contributed by atoms with E-state index in [0.29, 0.717) is 31.1 Å². The Morgan fingerprint density at radius 2 is 1.76 bits per heavy atom. The fourth-order valence-electron chi connectivity index (χ4n) is 3.11. The third kappa shape index (κ3) is 3.16. The van der Waals surface area contributed by atoms with Crippen LogP contribution in [0.4, 0.5) is 5.69 Å². The summed E-state index contributed by atoms with van der Waals surface area (Å²) in [7, 11) is 0. The molecule has 1 heterocycles. The molecule has 0 saturated heterocycles. The van der Waals surface area contributed by atoms with Crippen LogP contribution in [0.25, 0.3) is 0 Å². The first kappa shape index (κ1) is 16.9. The number of nitrogens with one attached hydrogen (secondary N) is 2. The first-order valence-electron chi connectivity index (χ1n) is 8.27. The predicted molar refractivity (Wildman–Crippen MR) is 103 cm³/mol. The van der Waals surface area contributed by atoms with Gasteiger partial charge in [-0.05, 0) is 24.6 Å². The quantitative estimate of drug-likeness (QED) is 0.299. The largest absolute Gasteiger partial charge is 0.330 e. The monoisotopic (exact) mass is 334 g/mol. The van der Waals surface area contributed by atoms with Crippen LogP contribution < -0.4 is 16.5 Å². The van der Waals surface area contributed by atoms with Gasteiger partial charge in [-0.25, -0.2) is 0 Å². The van der Waals surface area contributed by atoms with Crippen molar-refractivity contribution in [2.75, 3.05) is 11.4 Å². The van der Waals surface area contributed by atoms with Crippen LogP contribution in [-0.2, 0) is 6.54 Å². The van der Waals surface area contributed by atoms with Crippen LogP contribution in [0.1, 0.15) is 29.5 Å². The van der Waals surface area contributed by atoms with Crippen molar-refractivity contribution in [2.45, 2.75) is 19.4 Å². The second-order valence-electron chi connectivity index (χ2n) is 5.95. The topological polar surface area (TPSA) is 115 Å². The molecule has 1 aliphatic heterocycles. The maximum atomic E-state index is 8.64. The van der Waals surface area contributed by atoms with E-state index in [1.165, 1.54) is 0 Å². The molecule has 0 aromatic heterocycles. The molecule has 0 amide bonds. The van der Waals surface area contributed by atoms with Crippen molar-refractivity contribution in [3.63, 3.8) is 0 Å². The summed E-state index contributed by atoms with van der Waals surface area (Å²) >= 11 is 0. The van der Waals surface area contributed by atoms with Gasteiger partial charge in [-0.3, -0.25) is 10.8 Å². The average molecular weight is 334 g/mol. The van der Waals surface area contributed by atoms with Crippen molar-refractivity contribution in [3.05, 3.63) is 65.2 Å². The van der Waals surface area contributed by atoms with E-state index in [9.17, 15) is 0 Å². The predicted octanol–water partition coefficient (Wildman–Crippen LogP) is 2.45. The minimum Gasteiger partial charge on any atom is -0.330 e. The number of amidine groups is 1. The molecular formula is C19H22N6.